The third kappa shape index (κ3) is 1.67. The van der Waals surface area contributed by atoms with E-state index in [0.29, 0.717) is 5.15 Å². The standard InChI is InChI=1S/C13H11ClN2O/c1-8-11(15-7-16-13(8)14)10-4-2-3-9-5-6-17-12(9)10/h2-4,7H,5-6H2,1H3. The van der Waals surface area contributed by atoms with Gasteiger partial charge in [0.2, 0.25) is 0 Å². The van der Waals surface area contributed by atoms with Gasteiger partial charge in [0, 0.05) is 17.5 Å². The van der Waals surface area contributed by atoms with E-state index in [1.807, 2.05) is 19.1 Å². The summed E-state index contributed by atoms with van der Waals surface area (Å²) in [7, 11) is 0. The molecular formula is C13H11ClN2O. The van der Waals surface area contributed by atoms with E-state index in [0.717, 1.165) is 35.6 Å². The molecular weight excluding hydrogens is 236 g/mol. The highest BCUT2D eigenvalue weighted by atomic mass is 35.5. The highest BCUT2D eigenvalue weighted by Crippen LogP contribution is 2.37. The molecule has 2 aromatic rings. The minimum absolute atomic E-state index is 0.491. The Bertz CT molecular complexity index is 584. The lowest BCUT2D eigenvalue weighted by Crippen LogP contribution is -1.94. The van der Waals surface area contributed by atoms with Gasteiger partial charge in [-0.05, 0) is 18.6 Å². The van der Waals surface area contributed by atoms with Crippen LogP contribution in [0, 0.1) is 6.92 Å². The first-order valence-electron chi connectivity index (χ1n) is 5.49. The molecule has 1 aliphatic rings. The summed E-state index contributed by atoms with van der Waals surface area (Å²) in [6.45, 7) is 2.66. The zero-order valence-electron chi connectivity index (χ0n) is 9.40. The molecule has 1 aromatic heterocycles. The number of hydrogen-bond acceptors (Lipinski definition) is 3. The number of benzene rings is 1. The fraction of sp³-hybridized carbons (Fsp3) is 0.231. The van der Waals surface area contributed by atoms with Gasteiger partial charge in [0.1, 0.15) is 17.2 Å². The molecule has 0 saturated carbocycles. The first-order valence-corrected chi connectivity index (χ1v) is 5.87. The Labute approximate surface area is 104 Å². The number of halogens is 1. The second-order valence-electron chi connectivity index (χ2n) is 4.03. The molecule has 0 spiro atoms. The Balaban J connectivity index is 2.23. The number of ether oxygens (including phenoxy) is 1. The van der Waals surface area contributed by atoms with E-state index in [1.165, 1.54) is 11.9 Å². The third-order valence-corrected chi connectivity index (χ3v) is 3.37. The average molecular weight is 247 g/mol. The van der Waals surface area contributed by atoms with Crippen molar-refractivity contribution in [2.75, 3.05) is 6.61 Å². The smallest absolute Gasteiger partial charge is 0.135 e. The molecule has 0 saturated heterocycles. The molecule has 2 heterocycles. The van der Waals surface area contributed by atoms with Gasteiger partial charge in [0.05, 0.1) is 12.3 Å². The topological polar surface area (TPSA) is 35.0 Å². The van der Waals surface area contributed by atoms with Crippen molar-refractivity contribution in [3.8, 4) is 17.0 Å². The summed E-state index contributed by atoms with van der Waals surface area (Å²) in [6, 6.07) is 6.12. The number of hydrogen-bond donors (Lipinski definition) is 0. The molecule has 0 amide bonds. The van der Waals surface area contributed by atoms with Crippen LogP contribution in [0.5, 0.6) is 5.75 Å². The van der Waals surface area contributed by atoms with Crippen molar-refractivity contribution in [2.45, 2.75) is 13.3 Å². The quantitative estimate of drug-likeness (QED) is 0.726. The summed E-state index contributed by atoms with van der Waals surface area (Å²) in [5.41, 5.74) is 3.97. The molecule has 4 heteroatoms. The Kier molecular flexibility index (Phi) is 2.48. The summed E-state index contributed by atoms with van der Waals surface area (Å²) in [5, 5.41) is 0.491. The normalized spacial score (nSPS) is 13.3. The third-order valence-electron chi connectivity index (χ3n) is 2.99. The summed E-state index contributed by atoms with van der Waals surface area (Å²) < 4.78 is 5.68. The highest BCUT2D eigenvalue weighted by Gasteiger charge is 2.19. The first-order chi connectivity index (χ1) is 8.27. The van der Waals surface area contributed by atoms with Gasteiger partial charge in [-0.15, -0.1) is 0 Å². The van der Waals surface area contributed by atoms with Crippen LogP contribution >= 0.6 is 11.6 Å². The molecule has 1 aromatic carbocycles. The van der Waals surface area contributed by atoms with Crippen molar-refractivity contribution >= 4 is 11.6 Å². The van der Waals surface area contributed by atoms with Gasteiger partial charge in [-0.3, -0.25) is 0 Å². The van der Waals surface area contributed by atoms with E-state index in [4.69, 9.17) is 16.3 Å². The van der Waals surface area contributed by atoms with Crippen molar-refractivity contribution in [1.29, 1.82) is 0 Å². The summed E-state index contributed by atoms with van der Waals surface area (Å²) in [4.78, 5) is 8.28. The molecule has 0 bridgehead atoms. The Morgan fingerprint density at radius 2 is 2.18 bits per heavy atom. The summed E-state index contributed by atoms with van der Waals surface area (Å²) >= 11 is 6.02. The van der Waals surface area contributed by atoms with Gasteiger partial charge < -0.3 is 4.74 Å². The lowest BCUT2D eigenvalue weighted by molar-refractivity contribution is 0.358. The van der Waals surface area contributed by atoms with Gasteiger partial charge in [0.15, 0.2) is 0 Å². The molecule has 1 aliphatic heterocycles. The van der Waals surface area contributed by atoms with Crippen LogP contribution in [0.3, 0.4) is 0 Å². The number of para-hydroxylation sites is 1. The number of rotatable bonds is 1. The van der Waals surface area contributed by atoms with E-state index in [9.17, 15) is 0 Å². The Morgan fingerprint density at radius 1 is 1.29 bits per heavy atom. The van der Waals surface area contributed by atoms with Gasteiger partial charge in [-0.25, -0.2) is 9.97 Å². The van der Waals surface area contributed by atoms with Crippen molar-refractivity contribution in [2.24, 2.45) is 0 Å². The van der Waals surface area contributed by atoms with E-state index in [1.54, 1.807) is 0 Å². The molecule has 17 heavy (non-hydrogen) atoms. The molecule has 3 nitrogen and oxygen atoms in total. The van der Waals surface area contributed by atoms with E-state index in [-0.39, 0.29) is 0 Å². The second kappa shape index (κ2) is 4.00. The van der Waals surface area contributed by atoms with Gasteiger partial charge >= 0.3 is 0 Å². The largest absolute Gasteiger partial charge is 0.492 e. The molecule has 0 unspecified atom stereocenters. The van der Waals surface area contributed by atoms with Gasteiger partial charge in [-0.2, -0.15) is 0 Å². The summed E-state index contributed by atoms with van der Waals surface area (Å²) in [6.07, 6.45) is 2.44. The fourth-order valence-electron chi connectivity index (χ4n) is 2.10. The van der Waals surface area contributed by atoms with Crippen LogP contribution in [-0.4, -0.2) is 16.6 Å². The molecule has 3 rings (SSSR count). The average Bonchev–Trinajstić information content (AvgIpc) is 2.81. The zero-order chi connectivity index (χ0) is 11.8. The monoisotopic (exact) mass is 246 g/mol. The number of nitrogens with zero attached hydrogens (tertiary/aromatic N) is 2. The van der Waals surface area contributed by atoms with Crippen molar-refractivity contribution in [3.05, 3.63) is 40.8 Å². The predicted molar refractivity (Wildman–Crippen MR) is 66.4 cm³/mol. The van der Waals surface area contributed by atoms with Crippen LogP contribution in [0.2, 0.25) is 5.15 Å². The Hall–Kier alpha value is -1.61. The fourth-order valence-corrected chi connectivity index (χ4v) is 2.24. The van der Waals surface area contributed by atoms with Crippen LogP contribution < -0.4 is 4.74 Å². The van der Waals surface area contributed by atoms with Crippen LogP contribution in [-0.2, 0) is 6.42 Å². The predicted octanol–water partition coefficient (Wildman–Crippen LogP) is 3.04. The molecule has 0 fully saturated rings. The zero-order valence-corrected chi connectivity index (χ0v) is 10.2. The van der Waals surface area contributed by atoms with E-state index < -0.39 is 0 Å². The van der Waals surface area contributed by atoms with Gasteiger partial charge in [0.25, 0.3) is 0 Å². The number of fused-ring (bicyclic) bond motifs is 1. The number of aromatic nitrogens is 2. The molecule has 0 aliphatic carbocycles. The van der Waals surface area contributed by atoms with Crippen LogP contribution in [0.1, 0.15) is 11.1 Å². The van der Waals surface area contributed by atoms with Gasteiger partial charge in [-0.1, -0.05) is 23.7 Å². The highest BCUT2D eigenvalue weighted by molar-refractivity contribution is 6.30. The second-order valence-corrected chi connectivity index (χ2v) is 4.39. The molecule has 0 radical (unpaired) electrons. The Morgan fingerprint density at radius 3 is 3.06 bits per heavy atom. The van der Waals surface area contributed by atoms with Crippen molar-refractivity contribution in [3.63, 3.8) is 0 Å². The molecule has 86 valence electrons. The summed E-state index contributed by atoms with van der Waals surface area (Å²) in [5.74, 6) is 0.936. The maximum atomic E-state index is 6.02. The maximum absolute atomic E-state index is 6.02. The van der Waals surface area contributed by atoms with Crippen molar-refractivity contribution < 1.29 is 4.74 Å². The SMILES string of the molecule is Cc1c(Cl)ncnc1-c1cccc2c1OCC2. The van der Waals surface area contributed by atoms with E-state index in [2.05, 4.69) is 16.0 Å². The minimum atomic E-state index is 0.491. The van der Waals surface area contributed by atoms with Crippen LogP contribution in [0.15, 0.2) is 24.5 Å². The van der Waals surface area contributed by atoms with Crippen LogP contribution in [0.25, 0.3) is 11.3 Å². The maximum Gasteiger partial charge on any atom is 0.135 e. The molecule has 0 N–H and O–H groups in total. The minimum Gasteiger partial charge on any atom is -0.492 e. The lowest BCUT2D eigenvalue weighted by Gasteiger charge is -2.09. The van der Waals surface area contributed by atoms with Crippen LogP contribution in [0.4, 0.5) is 0 Å². The van der Waals surface area contributed by atoms with Crippen molar-refractivity contribution in [1.82, 2.24) is 9.97 Å². The molecule has 0 atom stereocenters. The van der Waals surface area contributed by atoms with E-state index >= 15 is 0 Å². The first kappa shape index (κ1) is 10.5. The lowest BCUT2D eigenvalue weighted by atomic mass is 10.0.